The van der Waals surface area contributed by atoms with E-state index in [1.54, 1.807) is 4.90 Å². The summed E-state index contributed by atoms with van der Waals surface area (Å²) in [6, 6.07) is 20.5. The molecule has 27 heavy (non-hydrogen) atoms. The maximum Gasteiger partial charge on any atom is 0.255 e. The second kappa shape index (κ2) is 7.94. The number of carbonyl (C=O) groups excluding carboxylic acids is 1. The molecule has 0 bridgehead atoms. The molecule has 4 rings (SSSR count). The van der Waals surface area contributed by atoms with Gasteiger partial charge in [0.2, 0.25) is 0 Å². The summed E-state index contributed by atoms with van der Waals surface area (Å²) in [6.07, 6.45) is 3.95. The molecule has 4 heteroatoms. The molecule has 0 aliphatic heterocycles. The van der Waals surface area contributed by atoms with Gasteiger partial charge in [0.15, 0.2) is 0 Å². The fraction of sp³-hybridized carbons (Fsp3) is 0.391. The third kappa shape index (κ3) is 4.56. The molecular formula is C23H25N3O. The fourth-order valence-electron chi connectivity index (χ4n) is 3.57. The van der Waals surface area contributed by atoms with Crippen molar-refractivity contribution in [2.45, 2.75) is 37.8 Å². The average molecular weight is 359 g/mol. The van der Waals surface area contributed by atoms with Gasteiger partial charge < -0.3 is 10.2 Å². The smallest absolute Gasteiger partial charge is 0.255 e. The Morgan fingerprint density at radius 1 is 1.11 bits per heavy atom. The summed E-state index contributed by atoms with van der Waals surface area (Å²) in [4.78, 5) is 14.4. The molecule has 2 aliphatic rings. The Morgan fingerprint density at radius 3 is 2.52 bits per heavy atom. The third-order valence-corrected chi connectivity index (χ3v) is 5.51. The minimum atomic E-state index is -0.0915. The second-order valence-electron chi connectivity index (χ2n) is 7.73. The van der Waals surface area contributed by atoms with Crippen molar-refractivity contribution in [2.24, 2.45) is 5.92 Å². The average Bonchev–Trinajstić information content (AvgIpc) is 3.61. The van der Waals surface area contributed by atoms with Gasteiger partial charge in [-0.3, -0.25) is 4.79 Å². The highest BCUT2D eigenvalue weighted by Crippen LogP contribution is 2.41. The highest BCUT2D eigenvalue weighted by atomic mass is 16.2. The highest BCUT2D eigenvalue weighted by molar-refractivity contribution is 5.94. The van der Waals surface area contributed by atoms with E-state index in [0.717, 1.165) is 18.0 Å². The van der Waals surface area contributed by atoms with Crippen LogP contribution in [0.3, 0.4) is 0 Å². The minimum Gasteiger partial charge on any atom is -0.321 e. The van der Waals surface area contributed by atoms with Crippen LogP contribution in [0.4, 0.5) is 0 Å². The van der Waals surface area contributed by atoms with Crippen LogP contribution in [0.5, 0.6) is 0 Å². The molecule has 2 atom stereocenters. The minimum absolute atomic E-state index is 0.0886. The molecule has 1 amide bonds. The van der Waals surface area contributed by atoms with Crippen LogP contribution in [0.25, 0.3) is 0 Å². The Kier molecular flexibility index (Phi) is 5.22. The van der Waals surface area contributed by atoms with Gasteiger partial charge >= 0.3 is 0 Å². The molecule has 0 heterocycles. The molecule has 0 spiro atoms. The molecule has 0 aromatic heterocycles. The molecule has 2 saturated carbocycles. The summed E-state index contributed by atoms with van der Waals surface area (Å²) in [6.45, 7) is 1.69. The van der Waals surface area contributed by atoms with E-state index >= 15 is 0 Å². The summed E-state index contributed by atoms with van der Waals surface area (Å²) in [5.41, 5.74) is 2.98. The van der Waals surface area contributed by atoms with Gasteiger partial charge in [-0.05, 0) is 55.0 Å². The van der Waals surface area contributed by atoms with Gasteiger partial charge in [0.1, 0.15) is 6.54 Å². The Hall–Kier alpha value is -2.64. The van der Waals surface area contributed by atoms with E-state index in [4.69, 9.17) is 5.26 Å². The van der Waals surface area contributed by atoms with Gasteiger partial charge in [-0.25, -0.2) is 0 Å². The normalized spacial score (nSPS) is 20.7. The highest BCUT2D eigenvalue weighted by Gasteiger charge is 2.38. The number of nitrogens with zero attached hydrogens (tertiary/aromatic N) is 2. The van der Waals surface area contributed by atoms with Crippen LogP contribution >= 0.6 is 0 Å². The van der Waals surface area contributed by atoms with Crippen molar-refractivity contribution >= 4 is 5.91 Å². The summed E-state index contributed by atoms with van der Waals surface area (Å²) < 4.78 is 0. The molecular weight excluding hydrogens is 334 g/mol. The van der Waals surface area contributed by atoms with Gasteiger partial charge in [-0.2, -0.15) is 5.26 Å². The van der Waals surface area contributed by atoms with E-state index < -0.39 is 0 Å². The van der Waals surface area contributed by atoms with Crippen LogP contribution in [0.1, 0.15) is 46.7 Å². The number of benzene rings is 2. The van der Waals surface area contributed by atoms with E-state index in [9.17, 15) is 4.79 Å². The van der Waals surface area contributed by atoms with Crippen LogP contribution in [0.15, 0.2) is 54.6 Å². The topological polar surface area (TPSA) is 56.1 Å². The third-order valence-electron chi connectivity index (χ3n) is 5.51. The van der Waals surface area contributed by atoms with Crippen molar-refractivity contribution in [1.82, 2.24) is 10.2 Å². The standard InChI is InChI=1S/C23H25N3O/c24-12-13-26(16-18-4-2-1-3-5-18)23(27)20-10-8-19(9-11-20)21-14-22(21)25-15-17-6-7-17/h1-5,8-11,17,21-22,25H,6-7,13-16H2. The zero-order valence-electron chi connectivity index (χ0n) is 15.5. The predicted molar refractivity (Wildman–Crippen MR) is 105 cm³/mol. The Balaban J connectivity index is 1.38. The van der Waals surface area contributed by atoms with Gasteiger partial charge in [-0.15, -0.1) is 0 Å². The summed E-state index contributed by atoms with van der Waals surface area (Å²) in [5, 5.41) is 12.8. The molecule has 0 saturated heterocycles. The van der Waals surface area contributed by atoms with E-state index in [1.165, 1.54) is 24.8 Å². The van der Waals surface area contributed by atoms with Crippen molar-refractivity contribution < 1.29 is 4.79 Å². The van der Waals surface area contributed by atoms with Crippen molar-refractivity contribution in [2.75, 3.05) is 13.1 Å². The maximum absolute atomic E-state index is 12.8. The number of rotatable bonds is 8. The van der Waals surface area contributed by atoms with Crippen molar-refractivity contribution in [3.63, 3.8) is 0 Å². The number of nitriles is 1. The molecule has 4 nitrogen and oxygen atoms in total. The number of hydrogen-bond acceptors (Lipinski definition) is 3. The lowest BCUT2D eigenvalue weighted by molar-refractivity contribution is 0.0765. The summed E-state index contributed by atoms with van der Waals surface area (Å²) in [5.74, 6) is 1.39. The van der Waals surface area contributed by atoms with Crippen LogP contribution < -0.4 is 5.32 Å². The van der Waals surface area contributed by atoms with Gasteiger partial charge in [0, 0.05) is 24.1 Å². The van der Waals surface area contributed by atoms with E-state index in [0.29, 0.717) is 24.1 Å². The van der Waals surface area contributed by atoms with Crippen LogP contribution in [0, 0.1) is 17.2 Å². The number of carbonyl (C=O) groups is 1. The summed E-state index contributed by atoms with van der Waals surface area (Å²) in [7, 11) is 0. The first kappa shape index (κ1) is 17.8. The molecule has 0 radical (unpaired) electrons. The zero-order chi connectivity index (χ0) is 18.6. The molecule has 1 N–H and O–H groups in total. The first-order valence-corrected chi connectivity index (χ1v) is 9.78. The van der Waals surface area contributed by atoms with Crippen LogP contribution in [0.2, 0.25) is 0 Å². The number of nitrogens with one attached hydrogen (secondary N) is 1. The lowest BCUT2D eigenvalue weighted by Crippen LogP contribution is -2.30. The second-order valence-corrected chi connectivity index (χ2v) is 7.73. The first-order chi connectivity index (χ1) is 13.2. The van der Waals surface area contributed by atoms with Crippen molar-refractivity contribution in [3.05, 3.63) is 71.3 Å². The quantitative estimate of drug-likeness (QED) is 0.731. The number of amides is 1. The Bertz CT molecular complexity index is 821. The maximum atomic E-state index is 12.8. The molecule has 2 fully saturated rings. The van der Waals surface area contributed by atoms with Gasteiger partial charge in [0.25, 0.3) is 5.91 Å². The lowest BCUT2D eigenvalue weighted by atomic mass is 10.1. The zero-order valence-corrected chi connectivity index (χ0v) is 15.5. The largest absolute Gasteiger partial charge is 0.321 e. The molecule has 138 valence electrons. The molecule has 2 aromatic carbocycles. The van der Waals surface area contributed by atoms with E-state index in [1.807, 2.05) is 42.5 Å². The summed E-state index contributed by atoms with van der Waals surface area (Å²) >= 11 is 0. The molecule has 2 aromatic rings. The number of hydrogen-bond donors (Lipinski definition) is 1. The van der Waals surface area contributed by atoms with Crippen molar-refractivity contribution in [3.8, 4) is 6.07 Å². The van der Waals surface area contributed by atoms with Crippen LogP contribution in [-0.2, 0) is 6.54 Å². The van der Waals surface area contributed by atoms with Gasteiger partial charge in [-0.1, -0.05) is 42.5 Å². The SMILES string of the molecule is N#CCN(Cc1ccccc1)C(=O)c1ccc(C2CC2NCC2CC2)cc1. The van der Waals surface area contributed by atoms with Crippen LogP contribution in [-0.4, -0.2) is 29.9 Å². The monoisotopic (exact) mass is 359 g/mol. The van der Waals surface area contributed by atoms with Crippen molar-refractivity contribution in [1.29, 1.82) is 5.26 Å². The van der Waals surface area contributed by atoms with Gasteiger partial charge in [0.05, 0.1) is 6.07 Å². The Labute approximate surface area is 160 Å². The molecule has 2 unspecified atom stereocenters. The fourth-order valence-corrected chi connectivity index (χ4v) is 3.57. The predicted octanol–water partition coefficient (Wildman–Crippen LogP) is 3.71. The van der Waals surface area contributed by atoms with E-state index in [2.05, 4.69) is 23.5 Å². The first-order valence-electron chi connectivity index (χ1n) is 9.78. The molecule has 2 aliphatic carbocycles. The van der Waals surface area contributed by atoms with E-state index in [-0.39, 0.29) is 12.5 Å². The Morgan fingerprint density at radius 2 is 1.85 bits per heavy atom. The lowest BCUT2D eigenvalue weighted by Gasteiger charge is -2.20.